The standard InChI is InChI=1S/C29H36N2O2/c1-28(2)21-13-6-8-15-23(21)30(5)25(28)17-12-18-26-29(3,4)22-14-7-9-16-24(22)31(26)20-11-10-19-27(32)33/h6-9,12-18,25H,10-11,19-20H2,1-5H3,(H,32,33)/b17-12+,26-18+. The van der Waals surface area contributed by atoms with E-state index >= 15 is 0 Å². The highest BCUT2D eigenvalue weighted by Gasteiger charge is 2.42. The fourth-order valence-corrected chi connectivity index (χ4v) is 5.67. The van der Waals surface area contributed by atoms with Crippen molar-refractivity contribution in [1.82, 2.24) is 0 Å². The number of aliphatic carboxylic acids is 1. The van der Waals surface area contributed by atoms with Gasteiger partial charge in [0.15, 0.2) is 0 Å². The fraction of sp³-hybridized carbons (Fsp3) is 0.414. The van der Waals surface area contributed by atoms with Crippen molar-refractivity contribution in [3.05, 3.63) is 83.6 Å². The first-order chi connectivity index (χ1) is 15.7. The second-order valence-corrected chi connectivity index (χ2v) is 10.4. The van der Waals surface area contributed by atoms with E-state index in [-0.39, 0.29) is 23.3 Å². The summed E-state index contributed by atoms with van der Waals surface area (Å²) in [7, 11) is 2.18. The monoisotopic (exact) mass is 444 g/mol. The van der Waals surface area contributed by atoms with Crippen LogP contribution in [0.3, 0.4) is 0 Å². The van der Waals surface area contributed by atoms with E-state index in [9.17, 15) is 4.79 Å². The Balaban J connectivity index is 1.61. The number of allylic oxidation sites excluding steroid dienone is 3. The van der Waals surface area contributed by atoms with Gasteiger partial charge in [-0.3, -0.25) is 4.79 Å². The average Bonchev–Trinajstić information content (AvgIpc) is 3.11. The van der Waals surface area contributed by atoms with Crippen LogP contribution in [0, 0.1) is 0 Å². The summed E-state index contributed by atoms with van der Waals surface area (Å²) in [5.41, 5.74) is 6.46. The van der Waals surface area contributed by atoms with Gasteiger partial charge in [-0.05, 0) is 42.2 Å². The van der Waals surface area contributed by atoms with Crippen LogP contribution in [-0.2, 0) is 15.6 Å². The number of unbranched alkanes of at least 4 members (excludes halogenated alkanes) is 1. The number of carboxylic acids is 1. The van der Waals surface area contributed by atoms with Gasteiger partial charge in [-0.25, -0.2) is 0 Å². The molecule has 33 heavy (non-hydrogen) atoms. The first-order valence-corrected chi connectivity index (χ1v) is 12.0. The third-order valence-corrected chi connectivity index (χ3v) is 7.50. The highest BCUT2D eigenvalue weighted by molar-refractivity contribution is 5.71. The lowest BCUT2D eigenvalue weighted by atomic mass is 9.80. The number of anilines is 2. The summed E-state index contributed by atoms with van der Waals surface area (Å²) in [5, 5.41) is 9.01. The molecule has 0 aromatic heterocycles. The van der Waals surface area contributed by atoms with Gasteiger partial charge >= 0.3 is 5.97 Å². The molecule has 0 saturated heterocycles. The molecule has 2 heterocycles. The topological polar surface area (TPSA) is 43.8 Å². The molecule has 1 unspecified atom stereocenters. The Kier molecular flexibility index (Phi) is 6.13. The van der Waals surface area contributed by atoms with Crippen LogP contribution in [0.5, 0.6) is 0 Å². The molecule has 2 aliphatic heterocycles. The molecule has 2 aromatic rings. The third-order valence-electron chi connectivity index (χ3n) is 7.50. The van der Waals surface area contributed by atoms with Gasteiger partial charge in [0, 0.05) is 47.9 Å². The number of fused-ring (bicyclic) bond motifs is 2. The van der Waals surface area contributed by atoms with Gasteiger partial charge in [-0.15, -0.1) is 0 Å². The van der Waals surface area contributed by atoms with Crippen molar-refractivity contribution in [2.45, 2.75) is 63.8 Å². The molecule has 4 rings (SSSR count). The van der Waals surface area contributed by atoms with Crippen molar-refractivity contribution in [1.29, 1.82) is 0 Å². The first kappa shape index (κ1) is 23.2. The van der Waals surface area contributed by atoms with Gasteiger partial charge < -0.3 is 14.9 Å². The van der Waals surface area contributed by atoms with E-state index in [1.54, 1.807) is 0 Å². The maximum Gasteiger partial charge on any atom is 0.303 e. The summed E-state index contributed by atoms with van der Waals surface area (Å²) in [4.78, 5) is 15.7. The molecule has 2 aromatic carbocycles. The minimum atomic E-state index is -0.722. The zero-order valence-corrected chi connectivity index (χ0v) is 20.5. The van der Waals surface area contributed by atoms with Gasteiger partial charge in [0.1, 0.15) is 0 Å². The Morgan fingerprint density at radius 1 is 0.970 bits per heavy atom. The minimum absolute atomic E-state index is 0.0328. The second-order valence-electron chi connectivity index (χ2n) is 10.4. The molecule has 0 saturated carbocycles. The van der Waals surface area contributed by atoms with Crippen LogP contribution >= 0.6 is 0 Å². The molecule has 0 bridgehead atoms. The molecule has 0 amide bonds. The molecular formula is C29H36N2O2. The molecule has 0 fully saturated rings. The minimum Gasteiger partial charge on any atom is -0.481 e. The van der Waals surface area contributed by atoms with Crippen LogP contribution in [0.4, 0.5) is 11.4 Å². The Labute approximate surface area is 198 Å². The molecule has 0 radical (unpaired) electrons. The maximum atomic E-state index is 11.0. The van der Waals surface area contributed by atoms with Crippen LogP contribution in [-0.4, -0.2) is 30.7 Å². The lowest BCUT2D eigenvalue weighted by Gasteiger charge is -2.30. The van der Waals surface area contributed by atoms with E-state index in [4.69, 9.17) is 5.11 Å². The normalized spacial score (nSPS) is 21.6. The van der Waals surface area contributed by atoms with Crippen LogP contribution < -0.4 is 9.80 Å². The molecule has 4 nitrogen and oxygen atoms in total. The zero-order valence-electron chi connectivity index (χ0n) is 20.5. The SMILES string of the molecule is CN1c2ccccc2C(C)(C)C1/C=C/C=C1/N(CCCCC(=O)O)c2ccccc2C1(C)C. The van der Waals surface area contributed by atoms with Crippen molar-refractivity contribution >= 4 is 17.3 Å². The summed E-state index contributed by atoms with van der Waals surface area (Å²) in [6.07, 6.45) is 8.59. The fourth-order valence-electron chi connectivity index (χ4n) is 5.67. The Morgan fingerprint density at radius 2 is 1.61 bits per heavy atom. The maximum absolute atomic E-state index is 11.0. The highest BCUT2D eigenvalue weighted by atomic mass is 16.4. The third kappa shape index (κ3) is 4.07. The number of carboxylic acid groups (broad SMARTS) is 1. The molecule has 174 valence electrons. The molecule has 1 atom stereocenters. The molecular weight excluding hydrogens is 408 g/mol. The lowest BCUT2D eigenvalue weighted by molar-refractivity contribution is -0.137. The van der Waals surface area contributed by atoms with Gasteiger partial charge in [0.25, 0.3) is 0 Å². The summed E-state index contributed by atoms with van der Waals surface area (Å²) in [6.45, 7) is 10.0. The van der Waals surface area contributed by atoms with Crippen LogP contribution in [0.1, 0.15) is 58.1 Å². The van der Waals surface area contributed by atoms with Crippen molar-refractivity contribution in [2.24, 2.45) is 0 Å². The molecule has 0 spiro atoms. The van der Waals surface area contributed by atoms with E-state index in [1.807, 2.05) is 0 Å². The van der Waals surface area contributed by atoms with E-state index < -0.39 is 5.97 Å². The predicted molar refractivity (Wildman–Crippen MR) is 137 cm³/mol. The number of hydrogen-bond donors (Lipinski definition) is 1. The number of benzene rings is 2. The van der Waals surface area contributed by atoms with Crippen molar-refractivity contribution < 1.29 is 9.90 Å². The van der Waals surface area contributed by atoms with Crippen LogP contribution in [0.2, 0.25) is 0 Å². The van der Waals surface area contributed by atoms with Crippen molar-refractivity contribution in [3.8, 4) is 0 Å². The Morgan fingerprint density at radius 3 is 2.27 bits per heavy atom. The van der Waals surface area contributed by atoms with Crippen LogP contribution in [0.25, 0.3) is 0 Å². The summed E-state index contributed by atoms with van der Waals surface area (Å²) in [6, 6.07) is 17.6. The Hall–Kier alpha value is -3.01. The van der Waals surface area contributed by atoms with Gasteiger partial charge in [0.2, 0.25) is 0 Å². The van der Waals surface area contributed by atoms with E-state index in [0.717, 1.165) is 13.0 Å². The van der Waals surface area contributed by atoms with Gasteiger partial charge in [-0.1, -0.05) is 76.2 Å². The summed E-state index contributed by atoms with van der Waals surface area (Å²) in [5.74, 6) is -0.722. The molecule has 4 heteroatoms. The lowest BCUT2D eigenvalue weighted by Crippen LogP contribution is -2.37. The average molecular weight is 445 g/mol. The molecule has 2 aliphatic rings. The number of likely N-dealkylation sites (N-methyl/N-ethyl adjacent to an activating group) is 1. The van der Waals surface area contributed by atoms with E-state index in [1.165, 1.54) is 28.2 Å². The van der Waals surface area contributed by atoms with E-state index in [0.29, 0.717) is 6.42 Å². The zero-order chi connectivity index (χ0) is 23.8. The van der Waals surface area contributed by atoms with Gasteiger partial charge in [-0.2, -0.15) is 0 Å². The second kappa shape index (κ2) is 8.74. The first-order valence-electron chi connectivity index (χ1n) is 12.0. The predicted octanol–water partition coefficient (Wildman–Crippen LogP) is 6.28. The van der Waals surface area contributed by atoms with Crippen LogP contribution in [0.15, 0.2) is 72.5 Å². The van der Waals surface area contributed by atoms with Crippen molar-refractivity contribution in [2.75, 3.05) is 23.4 Å². The quantitative estimate of drug-likeness (QED) is 0.511. The number of hydrogen-bond acceptors (Lipinski definition) is 3. The summed E-state index contributed by atoms with van der Waals surface area (Å²) < 4.78 is 0. The largest absolute Gasteiger partial charge is 0.481 e. The van der Waals surface area contributed by atoms with Gasteiger partial charge in [0.05, 0.1) is 6.04 Å². The van der Waals surface area contributed by atoms with Crippen molar-refractivity contribution in [3.63, 3.8) is 0 Å². The smallest absolute Gasteiger partial charge is 0.303 e. The number of carbonyl (C=O) groups is 1. The number of rotatable bonds is 7. The van der Waals surface area contributed by atoms with E-state index in [2.05, 4.69) is 111 Å². The molecule has 0 aliphatic carbocycles. The summed E-state index contributed by atoms with van der Waals surface area (Å²) >= 11 is 0. The highest BCUT2D eigenvalue weighted by Crippen LogP contribution is 2.48. The number of para-hydroxylation sites is 2. The molecule has 1 N–H and O–H groups in total. The number of nitrogens with zero attached hydrogens (tertiary/aromatic N) is 2. The Bertz CT molecular complexity index is 1100.